The molecule has 2 aliphatic carbocycles. The Morgan fingerprint density at radius 2 is 2.08 bits per heavy atom. The van der Waals surface area contributed by atoms with E-state index in [0.717, 1.165) is 11.8 Å². The van der Waals surface area contributed by atoms with E-state index in [-0.39, 0.29) is 0 Å². The zero-order chi connectivity index (χ0) is 9.47. The lowest BCUT2D eigenvalue weighted by Gasteiger charge is -2.37. The summed E-state index contributed by atoms with van der Waals surface area (Å²) in [6.45, 7) is 6.75. The van der Waals surface area contributed by atoms with Crippen LogP contribution in [0.25, 0.3) is 0 Å². The lowest BCUT2D eigenvalue weighted by atomic mass is 9.74. The second-order valence-corrected chi connectivity index (χ2v) is 5.12. The minimum Gasteiger partial charge on any atom is -0.498 e. The lowest BCUT2D eigenvalue weighted by Crippen LogP contribution is -2.36. The molecule has 0 aliphatic heterocycles. The maximum absolute atomic E-state index is 5.82. The molecule has 0 spiro atoms. The predicted molar refractivity (Wildman–Crippen MR) is 54.3 cm³/mol. The van der Waals surface area contributed by atoms with Gasteiger partial charge in [-0.05, 0) is 38.0 Å². The molecule has 1 heteroatoms. The molecule has 13 heavy (non-hydrogen) atoms. The highest BCUT2D eigenvalue weighted by atomic mass is 16.5. The van der Waals surface area contributed by atoms with Crippen molar-refractivity contribution in [3.8, 4) is 0 Å². The number of ether oxygens (including phenoxy) is 1. The summed E-state index contributed by atoms with van der Waals surface area (Å²) in [5.41, 5.74) is 0.405. The van der Waals surface area contributed by atoms with E-state index in [1.807, 2.05) is 19.3 Å². The second kappa shape index (κ2) is 3.04. The fraction of sp³-hybridized carbons (Fsp3) is 0.833. The summed E-state index contributed by atoms with van der Waals surface area (Å²) in [5, 5.41) is 0. The van der Waals surface area contributed by atoms with Crippen LogP contribution in [-0.2, 0) is 4.74 Å². The van der Waals surface area contributed by atoms with Gasteiger partial charge in [0.25, 0.3) is 0 Å². The molecule has 0 aromatic carbocycles. The third-order valence-electron chi connectivity index (χ3n) is 4.05. The zero-order valence-corrected chi connectivity index (χ0v) is 8.92. The van der Waals surface area contributed by atoms with Gasteiger partial charge in [-0.15, -0.1) is 0 Å². The number of rotatable bonds is 2. The topological polar surface area (TPSA) is 9.23 Å². The molecule has 0 saturated heterocycles. The number of hydrogen-bond donors (Lipinski definition) is 0. The Labute approximate surface area is 81.2 Å². The highest BCUT2D eigenvalue weighted by molar-refractivity contribution is 5.03. The summed E-state index contributed by atoms with van der Waals surface area (Å²) in [6, 6.07) is 0. The minimum atomic E-state index is 0.405. The van der Waals surface area contributed by atoms with Gasteiger partial charge in [0.1, 0.15) is 6.10 Å². The molecular weight excluding hydrogens is 160 g/mol. The van der Waals surface area contributed by atoms with Crippen molar-refractivity contribution in [3.05, 3.63) is 12.3 Å². The van der Waals surface area contributed by atoms with E-state index in [1.54, 1.807) is 0 Å². The van der Waals surface area contributed by atoms with E-state index in [9.17, 15) is 0 Å². The largest absolute Gasteiger partial charge is 0.498 e. The first-order valence-electron chi connectivity index (χ1n) is 5.43. The first kappa shape index (κ1) is 9.11. The molecule has 1 nitrogen and oxygen atoms in total. The Hall–Kier alpha value is -0.460. The highest BCUT2D eigenvalue weighted by Gasteiger charge is 2.53. The van der Waals surface area contributed by atoms with E-state index in [2.05, 4.69) is 13.8 Å². The Balaban J connectivity index is 2.09. The zero-order valence-electron chi connectivity index (χ0n) is 8.92. The second-order valence-electron chi connectivity index (χ2n) is 5.12. The molecule has 2 rings (SSSR count). The summed E-state index contributed by atoms with van der Waals surface area (Å²) in [7, 11) is 0. The van der Waals surface area contributed by atoms with Gasteiger partial charge in [0.05, 0.1) is 6.26 Å². The highest BCUT2D eigenvalue weighted by Crippen LogP contribution is 2.56. The average molecular weight is 180 g/mol. The van der Waals surface area contributed by atoms with Crippen LogP contribution in [0.3, 0.4) is 0 Å². The normalized spacial score (nSPS) is 41.6. The molecule has 2 saturated carbocycles. The van der Waals surface area contributed by atoms with Crippen LogP contribution in [-0.4, -0.2) is 6.10 Å². The van der Waals surface area contributed by atoms with E-state index >= 15 is 0 Å². The van der Waals surface area contributed by atoms with E-state index < -0.39 is 0 Å². The fourth-order valence-electron chi connectivity index (χ4n) is 3.26. The van der Waals surface area contributed by atoms with E-state index in [1.165, 1.54) is 19.3 Å². The number of hydrogen-bond acceptors (Lipinski definition) is 1. The summed E-state index contributed by atoms with van der Waals surface area (Å²) in [4.78, 5) is 0. The molecule has 0 radical (unpaired) electrons. The molecule has 0 aromatic rings. The Kier molecular flexibility index (Phi) is 2.13. The van der Waals surface area contributed by atoms with Crippen molar-refractivity contribution < 1.29 is 4.74 Å². The van der Waals surface area contributed by atoms with Crippen LogP contribution in [0.15, 0.2) is 12.3 Å². The third-order valence-corrected chi connectivity index (χ3v) is 4.05. The standard InChI is InChI=1S/C12H20O/c1-4-7-13-11-9-5-6-10(8-9)12(11,2)3/h4,7,9-11H,5-6,8H2,1-3H3/b7-4-/t9-,10+,11-/m1/s1. The summed E-state index contributed by atoms with van der Waals surface area (Å²) < 4.78 is 5.82. The van der Waals surface area contributed by atoms with Gasteiger partial charge in [0, 0.05) is 5.41 Å². The monoisotopic (exact) mass is 180 g/mol. The van der Waals surface area contributed by atoms with Crippen molar-refractivity contribution in [2.45, 2.75) is 46.1 Å². The van der Waals surface area contributed by atoms with Gasteiger partial charge in [-0.2, -0.15) is 0 Å². The summed E-state index contributed by atoms with van der Waals surface area (Å²) >= 11 is 0. The van der Waals surface area contributed by atoms with Crippen LogP contribution in [0, 0.1) is 17.3 Å². The molecule has 0 N–H and O–H groups in total. The molecule has 0 heterocycles. The maximum atomic E-state index is 5.82. The van der Waals surface area contributed by atoms with E-state index in [4.69, 9.17) is 4.74 Å². The number of allylic oxidation sites excluding steroid dienone is 1. The van der Waals surface area contributed by atoms with Crippen molar-refractivity contribution in [1.29, 1.82) is 0 Å². The first-order valence-corrected chi connectivity index (χ1v) is 5.43. The van der Waals surface area contributed by atoms with Gasteiger partial charge in [-0.3, -0.25) is 0 Å². The van der Waals surface area contributed by atoms with Crippen LogP contribution in [0.4, 0.5) is 0 Å². The van der Waals surface area contributed by atoms with Gasteiger partial charge >= 0.3 is 0 Å². The summed E-state index contributed by atoms with van der Waals surface area (Å²) in [5.74, 6) is 1.74. The van der Waals surface area contributed by atoms with Crippen LogP contribution in [0.2, 0.25) is 0 Å². The summed E-state index contributed by atoms with van der Waals surface area (Å²) in [6.07, 6.45) is 8.54. The maximum Gasteiger partial charge on any atom is 0.106 e. The molecule has 2 fully saturated rings. The van der Waals surface area contributed by atoms with Crippen molar-refractivity contribution in [2.24, 2.45) is 17.3 Å². The minimum absolute atomic E-state index is 0.405. The van der Waals surface area contributed by atoms with Crippen molar-refractivity contribution in [3.63, 3.8) is 0 Å². The average Bonchev–Trinajstić information content (AvgIpc) is 2.60. The fourth-order valence-corrected chi connectivity index (χ4v) is 3.26. The Morgan fingerprint density at radius 3 is 2.62 bits per heavy atom. The Bertz CT molecular complexity index is 217. The van der Waals surface area contributed by atoms with Crippen LogP contribution >= 0.6 is 0 Å². The van der Waals surface area contributed by atoms with Crippen LogP contribution in [0.1, 0.15) is 40.0 Å². The molecule has 0 aromatic heterocycles. The van der Waals surface area contributed by atoms with Gasteiger partial charge in [0.15, 0.2) is 0 Å². The van der Waals surface area contributed by atoms with Gasteiger partial charge in [-0.1, -0.05) is 19.9 Å². The molecule has 0 unspecified atom stereocenters. The van der Waals surface area contributed by atoms with Gasteiger partial charge in [0.2, 0.25) is 0 Å². The smallest absolute Gasteiger partial charge is 0.106 e. The SMILES string of the molecule is C/C=C\O[C@@H]1[C@@H]2CC[C@@H](C2)C1(C)C. The molecular formula is C12H20O. The van der Waals surface area contributed by atoms with Crippen molar-refractivity contribution in [1.82, 2.24) is 0 Å². The van der Waals surface area contributed by atoms with Crippen LogP contribution in [0.5, 0.6) is 0 Å². The van der Waals surface area contributed by atoms with Crippen molar-refractivity contribution >= 4 is 0 Å². The van der Waals surface area contributed by atoms with Crippen LogP contribution < -0.4 is 0 Å². The molecule has 0 amide bonds. The molecule has 3 atom stereocenters. The Morgan fingerprint density at radius 1 is 1.31 bits per heavy atom. The third kappa shape index (κ3) is 1.29. The lowest BCUT2D eigenvalue weighted by molar-refractivity contribution is -0.00788. The van der Waals surface area contributed by atoms with E-state index in [0.29, 0.717) is 11.5 Å². The molecule has 2 bridgehead atoms. The molecule has 74 valence electrons. The predicted octanol–water partition coefficient (Wildman–Crippen LogP) is 3.36. The van der Waals surface area contributed by atoms with Crippen molar-refractivity contribution in [2.75, 3.05) is 0 Å². The molecule has 2 aliphatic rings. The number of fused-ring (bicyclic) bond motifs is 2. The van der Waals surface area contributed by atoms with Gasteiger partial charge < -0.3 is 4.74 Å². The first-order chi connectivity index (χ1) is 6.16. The van der Waals surface area contributed by atoms with Gasteiger partial charge in [-0.25, -0.2) is 0 Å². The quantitative estimate of drug-likeness (QED) is 0.592.